The van der Waals surface area contributed by atoms with Gasteiger partial charge in [0.25, 0.3) is 0 Å². The van der Waals surface area contributed by atoms with E-state index in [0.29, 0.717) is 6.61 Å². The molecule has 0 saturated heterocycles. The molecule has 3 nitrogen and oxygen atoms in total. The Balaban J connectivity index is 2.01. The van der Waals surface area contributed by atoms with Crippen molar-refractivity contribution in [3.63, 3.8) is 0 Å². The van der Waals surface area contributed by atoms with Crippen LogP contribution in [0.4, 0.5) is 5.69 Å². The molecule has 0 fully saturated rings. The third-order valence-corrected chi connectivity index (χ3v) is 3.33. The highest BCUT2D eigenvalue weighted by Crippen LogP contribution is 2.21. The van der Waals surface area contributed by atoms with Gasteiger partial charge in [-0.3, -0.25) is 4.98 Å². The Hall–Kier alpha value is -2.03. The zero-order valence-electron chi connectivity index (χ0n) is 12.4. The first-order chi connectivity index (χ1) is 9.70. The molecule has 1 aromatic heterocycles. The maximum Gasteiger partial charge on any atom is 0.130 e. The van der Waals surface area contributed by atoms with Crippen LogP contribution < -0.4 is 10.1 Å². The summed E-state index contributed by atoms with van der Waals surface area (Å²) in [6.07, 6.45) is 2.93. The highest BCUT2D eigenvalue weighted by Gasteiger charge is 2.03. The third kappa shape index (κ3) is 3.73. The summed E-state index contributed by atoms with van der Waals surface area (Å²) in [4.78, 5) is 4.35. The Labute approximate surface area is 121 Å². The molecule has 2 aromatic rings. The molecule has 20 heavy (non-hydrogen) atoms. The van der Waals surface area contributed by atoms with Gasteiger partial charge in [-0.15, -0.1) is 0 Å². The van der Waals surface area contributed by atoms with Crippen LogP contribution >= 0.6 is 0 Å². The van der Waals surface area contributed by atoms with E-state index in [1.54, 1.807) is 0 Å². The minimum atomic E-state index is 0.492. The Kier molecular flexibility index (Phi) is 4.99. The summed E-state index contributed by atoms with van der Waals surface area (Å²) in [7, 11) is 0. The molecule has 0 bridgehead atoms. The highest BCUT2D eigenvalue weighted by molar-refractivity contribution is 5.43. The summed E-state index contributed by atoms with van der Waals surface area (Å²) in [5.41, 5.74) is 4.47. The largest absolute Gasteiger partial charge is 0.487 e. The number of nitrogens with zero attached hydrogens (tertiary/aromatic N) is 1. The maximum atomic E-state index is 5.87. The van der Waals surface area contributed by atoms with Gasteiger partial charge >= 0.3 is 0 Å². The van der Waals surface area contributed by atoms with Gasteiger partial charge in [0.1, 0.15) is 12.4 Å². The number of ether oxygens (including phenoxy) is 1. The zero-order valence-corrected chi connectivity index (χ0v) is 12.4. The van der Waals surface area contributed by atoms with E-state index in [0.717, 1.165) is 30.1 Å². The zero-order chi connectivity index (χ0) is 14.4. The molecule has 106 valence electrons. The summed E-state index contributed by atoms with van der Waals surface area (Å²) in [6.45, 7) is 7.79. The van der Waals surface area contributed by atoms with Gasteiger partial charge < -0.3 is 10.1 Å². The fourth-order valence-corrected chi connectivity index (χ4v) is 1.97. The SMILES string of the molecule is CCCNc1ccnc(COc2cccc(C)c2C)c1. The molecule has 2 rings (SSSR count). The highest BCUT2D eigenvalue weighted by atomic mass is 16.5. The van der Waals surface area contributed by atoms with Crippen LogP contribution in [0.5, 0.6) is 5.75 Å². The van der Waals surface area contributed by atoms with Crippen LogP contribution in [0.2, 0.25) is 0 Å². The molecule has 0 spiro atoms. The van der Waals surface area contributed by atoms with Crippen LogP contribution in [0.1, 0.15) is 30.2 Å². The van der Waals surface area contributed by atoms with Gasteiger partial charge in [0.05, 0.1) is 5.69 Å². The molecule has 1 aromatic carbocycles. The van der Waals surface area contributed by atoms with Crippen molar-refractivity contribution in [2.75, 3.05) is 11.9 Å². The number of rotatable bonds is 6. The van der Waals surface area contributed by atoms with Gasteiger partial charge in [-0.25, -0.2) is 0 Å². The first kappa shape index (κ1) is 14.4. The van der Waals surface area contributed by atoms with E-state index < -0.39 is 0 Å². The summed E-state index contributed by atoms with van der Waals surface area (Å²) < 4.78 is 5.87. The molecule has 0 atom stereocenters. The predicted molar refractivity (Wildman–Crippen MR) is 83.3 cm³/mol. The molecule has 0 aliphatic heterocycles. The van der Waals surface area contributed by atoms with Crippen molar-refractivity contribution in [1.29, 1.82) is 0 Å². The van der Waals surface area contributed by atoms with E-state index in [-0.39, 0.29) is 0 Å². The fraction of sp³-hybridized carbons (Fsp3) is 0.353. The van der Waals surface area contributed by atoms with Gasteiger partial charge in [0.2, 0.25) is 0 Å². The third-order valence-electron chi connectivity index (χ3n) is 3.33. The first-order valence-corrected chi connectivity index (χ1v) is 7.08. The molecular formula is C17H22N2O. The Morgan fingerprint density at radius 3 is 2.85 bits per heavy atom. The number of aryl methyl sites for hydroxylation is 1. The average Bonchev–Trinajstić information content (AvgIpc) is 2.47. The second-order valence-corrected chi connectivity index (χ2v) is 4.95. The smallest absolute Gasteiger partial charge is 0.130 e. The first-order valence-electron chi connectivity index (χ1n) is 7.08. The monoisotopic (exact) mass is 270 g/mol. The topological polar surface area (TPSA) is 34.2 Å². The molecule has 1 heterocycles. The molecule has 0 saturated carbocycles. The van der Waals surface area contributed by atoms with Crippen LogP contribution in [0.15, 0.2) is 36.5 Å². The van der Waals surface area contributed by atoms with E-state index in [2.05, 4.69) is 37.1 Å². The molecule has 3 heteroatoms. The maximum absolute atomic E-state index is 5.87. The summed E-state index contributed by atoms with van der Waals surface area (Å²) >= 11 is 0. The van der Waals surface area contributed by atoms with Crippen LogP contribution in [0, 0.1) is 13.8 Å². The van der Waals surface area contributed by atoms with Crippen molar-refractivity contribution in [3.8, 4) is 5.75 Å². The Bertz CT molecular complexity index is 567. The molecule has 0 aliphatic carbocycles. The molecular weight excluding hydrogens is 248 g/mol. The van der Waals surface area contributed by atoms with E-state index in [1.807, 2.05) is 30.5 Å². The van der Waals surface area contributed by atoms with Crippen LogP contribution in [-0.2, 0) is 6.61 Å². The van der Waals surface area contributed by atoms with E-state index in [9.17, 15) is 0 Å². The summed E-state index contributed by atoms with van der Waals surface area (Å²) in [5.74, 6) is 0.929. The minimum Gasteiger partial charge on any atom is -0.487 e. The lowest BCUT2D eigenvalue weighted by molar-refractivity contribution is 0.299. The minimum absolute atomic E-state index is 0.492. The van der Waals surface area contributed by atoms with Gasteiger partial charge in [0, 0.05) is 18.4 Å². The van der Waals surface area contributed by atoms with Gasteiger partial charge in [-0.1, -0.05) is 19.1 Å². The van der Waals surface area contributed by atoms with Crippen LogP contribution in [0.25, 0.3) is 0 Å². The van der Waals surface area contributed by atoms with Crippen molar-refractivity contribution in [2.24, 2.45) is 0 Å². The number of aromatic nitrogens is 1. The predicted octanol–water partition coefficient (Wildman–Crippen LogP) is 4.10. The number of anilines is 1. The second-order valence-electron chi connectivity index (χ2n) is 4.95. The second kappa shape index (κ2) is 6.94. The quantitative estimate of drug-likeness (QED) is 0.858. The number of benzene rings is 1. The molecule has 0 unspecified atom stereocenters. The lowest BCUT2D eigenvalue weighted by Gasteiger charge is -2.11. The molecule has 0 radical (unpaired) electrons. The van der Waals surface area contributed by atoms with Crippen molar-refractivity contribution >= 4 is 5.69 Å². The fourth-order valence-electron chi connectivity index (χ4n) is 1.97. The van der Waals surface area contributed by atoms with Gasteiger partial charge in [0.15, 0.2) is 0 Å². The van der Waals surface area contributed by atoms with Crippen molar-refractivity contribution in [2.45, 2.75) is 33.8 Å². The van der Waals surface area contributed by atoms with E-state index in [1.165, 1.54) is 11.1 Å². The summed E-state index contributed by atoms with van der Waals surface area (Å²) in [5, 5.41) is 3.36. The molecule has 0 amide bonds. The standard InChI is InChI=1S/C17H22N2O/c1-4-9-18-15-8-10-19-16(11-15)12-20-17-7-5-6-13(2)14(17)3/h5-8,10-11H,4,9,12H2,1-3H3,(H,18,19). The Morgan fingerprint density at radius 2 is 2.05 bits per heavy atom. The lowest BCUT2D eigenvalue weighted by atomic mass is 10.1. The van der Waals surface area contributed by atoms with E-state index >= 15 is 0 Å². The lowest BCUT2D eigenvalue weighted by Crippen LogP contribution is -2.03. The number of nitrogens with one attached hydrogen (secondary N) is 1. The van der Waals surface area contributed by atoms with E-state index in [4.69, 9.17) is 4.74 Å². The average molecular weight is 270 g/mol. The Morgan fingerprint density at radius 1 is 1.20 bits per heavy atom. The van der Waals surface area contributed by atoms with Gasteiger partial charge in [-0.05, 0) is 49.6 Å². The number of hydrogen-bond donors (Lipinski definition) is 1. The number of pyridine rings is 1. The molecule has 0 aliphatic rings. The van der Waals surface area contributed by atoms with Gasteiger partial charge in [-0.2, -0.15) is 0 Å². The van der Waals surface area contributed by atoms with Crippen molar-refractivity contribution in [1.82, 2.24) is 4.98 Å². The van der Waals surface area contributed by atoms with Crippen LogP contribution in [0.3, 0.4) is 0 Å². The normalized spacial score (nSPS) is 10.3. The number of hydrogen-bond acceptors (Lipinski definition) is 3. The van der Waals surface area contributed by atoms with Crippen molar-refractivity contribution < 1.29 is 4.74 Å². The van der Waals surface area contributed by atoms with Crippen molar-refractivity contribution in [3.05, 3.63) is 53.3 Å². The molecule has 1 N–H and O–H groups in total. The van der Waals surface area contributed by atoms with Crippen LogP contribution in [-0.4, -0.2) is 11.5 Å². The summed E-state index contributed by atoms with van der Waals surface area (Å²) in [6, 6.07) is 10.1.